The number of fused-ring (bicyclic) bond motifs is 3. The third-order valence-corrected chi connectivity index (χ3v) is 10.1. The predicted molar refractivity (Wildman–Crippen MR) is 150 cm³/mol. The quantitative estimate of drug-likeness (QED) is 0.233. The topological polar surface area (TPSA) is 82.9 Å². The maximum atomic E-state index is 13.7. The van der Waals surface area contributed by atoms with Crippen LogP contribution < -0.4 is 10.2 Å². The van der Waals surface area contributed by atoms with Crippen LogP contribution in [0.2, 0.25) is 10.0 Å². The van der Waals surface area contributed by atoms with Crippen LogP contribution in [0.3, 0.4) is 0 Å². The minimum Gasteiger partial charge on any atom is -0.451 e. The van der Waals surface area contributed by atoms with Crippen LogP contribution >= 0.6 is 23.2 Å². The van der Waals surface area contributed by atoms with Gasteiger partial charge < -0.3 is 14.6 Å². The molecule has 7 nitrogen and oxygen atoms in total. The number of rotatable bonds is 5. The van der Waals surface area contributed by atoms with Gasteiger partial charge in [0.2, 0.25) is 10.0 Å². The molecular formula is C28H21Cl2F4N3O4S. The molecule has 3 heterocycles. The van der Waals surface area contributed by atoms with Gasteiger partial charge in [0, 0.05) is 41.9 Å². The molecular weight excluding hydrogens is 621 g/mol. The molecule has 0 saturated carbocycles. The van der Waals surface area contributed by atoms with E-state index in [9.17, 15) is 30.8 Å². The number of sulfonamides is 1. The Bertz CT molecular complexity index is 1820. The summed E-state index contributed by atoms with van der Waals surface area (Å²) in [5.74, 6) is -1.57. The van der Waals surface area contributed by atoms with Gasteiger partial charge in [-0.15, -0.1) is 0 Å². The Morgan fingerprint density at radius 1 is 0.952 bits per heavy atom. The number of anilines is 2. The monoisotopic (exact) mass is 641 g/mol. The van der Waals surface area contributed by atoms with Crippen LogP contribution in [0, 0.1) is 5.82 Å². The average Bonchev–Trinajstić information content (AvgIpc) is 3.49. The van der Waals surface area contributed by atoms with Gasteiger partial charge >= 0.3 is 6.18 Å². The molecule has 0 aliphatic carbocycles. The Morgan fingerprint density at radius 2 is 1.67 bits per heavy atom. The highest BCUT2D eigenvalue weighted by Gasteiger charge is 2.47. The van der Waals surface area contributed by atoms with Crippen molar-refractivity contribution in [1.29, 1.82) is 0 Å². The molecule has 2 aliphatic rings. The van der Waals surface area contributed by atoms with Crippen LogP contribution in [0.15, 0.2) is 70.0 Å². The van der Waals surface area contributed by atoms with Gasteiger partial charge in [0.25, 0.3) is 5.91 Å². The van der Waals surface area contributed by atoms with E-state index in [0.717, 1.165) is 30.0 Å². The summed E-state index contributed by atoms with van der Waals surface area (Å²) in [5.41, 5.74) is -0.0751. The lowest BCUT2D eigenvalue weighted by Gasteiger charge is -2.41. The van der Waals surface area contributed by atoms with Gasteiger partial charge in [-0.2, -0.15) is 17.5 Å². The SMILES string of the molecule is O=C(Nc1ccc(Cl)c(C(F)(F)F)c1)c1cc2c(N3C[C@H]4CC[C@@H](C3)N4S(=O)(=O)c3ccc(F)c(Cl)c3)cccc2o1. The molecule has 4 aromatic rings. The van der Waals surface area contributed by atoms with Crippen molar-refractivity contribution in [2.24, 2.45) is 0 Å². The molecule has 0 radical (unpaired) electrons. The fraction of sp³-hybridized carbons (Fsp3) is 0.250. The summed E-state index contributed by atoms with van der Waals surface area (Å²) >= 11 is 11.5. The molecule has 0 unspecified atom stereocenters. The van der Waals surface area contributed by atoms with E-state index >= 15 is 0 Å². The number of carbonyl (C=O) groups is 1. The van der Waals surface area contributed by atoms with Crippen molar-refractivity contribution in [1.82, 2.24) is 4.31 Å². The molecule has 2 atom stereocenters. The molecule has 2 aliphatic heterocycles. The summed E-state index contributed by atoms with van der Waals surface area (Å²) in [5, 5.41) is 2.25. The van der Waals surface area contributed by atoms with Crippen LogP contribution in [-0.2, 0) is 16.2 Å². The highest BCUT2D eigenvalue weighted by molar-refractivity contribution is 7.89. The Morgan fingerprint density at radius 3 is 2.33 bits per heavy atom. The molecule has 2 bridgehead atoms. The average molecular weight is 642 g/mol. The van der Waals surface area contributed by atoms with E-state index in [1.54, 1.807) is 12.1 Å². The molecule has 1 N–H and O–H groups in total. The van der Waals surface area contributed by atoms with Crippen molar-refractivity contribution < 1.29 is 35.2 Å². The van der Waals surface area contributed by atoms with E-state index in [2.05, 4.69) is 5.32 Å². The molecule has 3 aromatic carbocycles. The third-order valence-electron chi connectivity index (χ3n) is 7.51. The van der Waals surface area contributed by atoms with Gasteiger partial charge in [0.15, 0.2) is 5.76 Å². The van der Waals surface area contributed by atoms with Crippen LogP contribution in [0.1, 0.15) is 29.0 Å². The fourth-order valence-electron chi connectivity index (χ4n) is 5.66. The maximum Gasteiger partial charge on any atom is 0.417 e. The van der Waals surface area contributed by atoms with Crippen LogP contribution in [0.5, 0.6) is 0 Å². The number of hydrogen-bond acceptors (Lipinski definition) is 5. The lowest BCUT2D eigenvalue weighted by Crippen LogP contribution is -2.55. The van der Waals surface area contributed by atoms with E-state index in [1.165, 1.54) is 22.5 Å². The van der Waals surface area contributed by atoms with Crippen LogP contribution in [-0.4, -0.2) is 43.8 Å². The van der Waals surface area contributed by atoms with E-state index < -0.39 is 38.5 Å². The molecule has 2 fully saturated rings. The molecule has 0 spiro atoms. The number of piperazine rings is 1. The number of benzene rings is 3. The van der Waals surface area contributed by atoms with Crippen molar-refractivity contribution in [2.75, 3.05) is 23.3 Å². The fourth-order valence-corrected chi connectivity index (χ4v) is 8.01. The lowest BCUT2D eigenvalue weighted by atomic mass is 10.1. The van der Waals surface area contributed by atoms with Crippen LogP contribution in [0.4, 0.5) is 28.9 Å². The first-order chi connectivity index (χ1) is 19.8. The summed E-state index contributed by atoms with van der Waals surface area (Å²) in [6.07, 6.45) is -3.43. The zero-order valence-electron chi connectivity index (χ0n) is 21.5. The summed E-state index contributed by atoms with van der Waals surface area (Å²) in [7, 11) is -3.93. The Balaban J connectivity index is 1.24. The van der Waals surface area contributed by atoms with Gasteiger partial charge in [-0.1, -0.05) is 29.3 Å². The zero-order chi connectivity index (χ0) is 30.0. The number of furan rings is 1. The lowest BCUT2D eigenvalue weighted by molar-refractivity contribution is -0.137. The smallest absolute Gasteiger partial charge is 0.417 e. The van der Waals surface area contributed by atoms with Crippen molar-refractivity contribution in [3.05, 3.63) is 87.8 Å². The number of nitrogens with zero attached hydrogens (tertiary/aromatic N) is 2. The number of carbonyl (C=O) groups excluding carboxylic acids is 1. The summed E-state index contributed by atoms with van der Waals surface area (Å²) in [6, 6.07) is 12.4. The first-order valence-electron chi connectivity index (χ1n) is 12.8. The highest BCUT2D eigenvalue weighted by Crippen LogP contribution is 2.40. The second-order valence-electron chi connectivity index (χ2n) is 10.1. The van der Waals surface area contributed by atoms with Gasteiger partial charge in [0.1, 0.15) is 11.4 Å². The van der Waals surface area contributed by atoms with E-state index in [0.29, 0.717) is 36.9 Å². The van der Waals surface area contributed by atoms with Crippen molar-refractivity contribution in [3.8, 4) is 0 Å². The first kappa shape index (κ1) is 28.8. The van der Waals surface area contributed by atoms with E-state index in [-0.39, 0.29) is 33.4 Å². The maximum absolute atomic E-state index is 13.7. The predicted octanol–water partition coefficient (Wildman–Crippen LogP) is 7.19. The van der Waals surface area contributed by atoms with Crippen molar-refractivity contribution >= 4 is 61.5 Å². The first-order valence-corrected chi connectivity index (χ1v) is 15.0. The minimum absolute atomic E-state index is 0.0742. The minimum atomic E-state index is -4.69. The molecule has 2 saturated heterocycles. The number of nitrogens with one attached hydrogen (secondary N) is 1. The second-order valence-corrected chi connectivity index (χ2v) is 12.8. The number of amides is 1. The molecule has 220 valence electrons. The Hall–Kier alpha value is -3.32. The van der Waals surface area contributed by atoms with Gasteiger partial charge in [0.05, 0.1) is 20.5 Å². The molecule has 14 heteroatoms. The van der Waals surface area contributed by atoms with E-state index in [1.807, 2.05) is 11.0 Å². The van der Waals surface area contributed by atoms with Gasteiger partial charge in [-0.05, 0) is 67.4 Å². The summed E-state index contributed by atoms with van der Waals surface area (Å²) in [6.45, 7) is 0.725. The summed E-state index contributed by atoms with van der Waals surface area (Å²) in [4.78, 5) is 14.9. The van der Waals surface area contributed by atoms with Crippen LogP contribution in [0.25, 0.3) is 11.0 Å². The van der Waals surface area contributed by atoms with Gasteiger partial charge in [-0.25, -0.2) is 12.8 Å². The normalized spacial score (nSPS) is 19.4. The van der Waals surface area contributed by atoms with Crippen molar-refractivity contribution in [3.63, 3.8) is 0 Å². The van der Waals surface area contributed by atoms with E-state index in [4.69, 9.17) is 27.6 Å². The number of alkyl halides is 3. The second kappa shape index (κ2) is 10.4. The highest BCUT2D eigenvalue weighted by atomic mass is 35.5. The largest absolute Gasteiger partial charge is 0.451 e. The molecule has 1 aromatic heterocycles. The standard InChI is InChI=1S/C28H21Cl2F4N3O4S/c29-21-8-4-15(10-20(21)28(32,33)34)35-27(38)26-12-19-24(2-1-3-25(19)41-26)36-13-16-5-6-17(14-36)37(16)42(39,40)18-7-9-23(31)22(30)11-18/h1-4,7-12,16-17H,5-6,13-14H2,(H,35,38)/t16-,17+. The molecule has 42 heavy (non-hydrogen) atoms. The zero-order valence-corrected chi connectivity index (χ0v) is 23.8. The van der Waals surface area contributed by atoms with Crippen molar-refractivity contribution in [2.45, 2.75) is 36.0 Å². The number of halogens is 6. The number of hydrogen-bond donors (Lipinski definition) is 1. The molecule has 1 amide bonds. The molecule has 6 rings (SSSR count). The summed E-state index contributed by atoms with van der Waals surface area (Å²) < 4.78 is 87.6. The third kappa shape index (κ3) is 5.10. The Labute approximate surface area is 247 Å². The Kier molecular flexibility index (Phi) is 7.16. The van der Waals surface area contributed by atoms with Gasteiger partial charge in [-0.3, -0.25) is 4.79 Å².